The van der Waals surface area contributed by atoms with Gasteiger partial charge in [0, 0.05) is 22.0 Å². The van der Waals surface area contributed by atoms with Crippen molar-refractivity contribution in [3.05, 3.63) is 99.5 Å². The van der Waals surface area contributed by atoms with E-state index in [1.165, 1.54) is 5.56 Å². The fourth-order valence-corrected chi connectivity index (χ4v) is 3.03. The molecule has 0 unspecified atom stereocenters. The summed E-state index contributed by atoms with van der Waals surface area (Å²) in [6, 6.07) is 22.1. The van der Waals surface area contributed by atoms with Crippen molar-refractivity contribution >= 4 is 27.7 Å². The zero-order valence-electron chi connectivity index (χ0n) is 15.9. The first-order valence-corrected chi connectivity index (χ1v) is 9.96. The van der Waals surface area contributed by atoms with Crippen LogP contribution < -0.4 is 15.6 Å². The summed E-state index contributed by atoms with van der Waals surface area (Å²) in [5.74, 6) is -0.213. The van der Waals surface area contributed by atoms with Crippen LogP contribution in [0.2, 0.25) is 0 Å². The van der Waals surface area contributed by atoms with Crippen LogP contribution in [0.15, 0.2) is 77.3 Å². The van der Waals surface area contributed by atoms with Gasteiger partial charge in [0.25, 0.3) is 11.8 Å². The lowest BCUT2D eigenvalue weighted by molar-refractivity contribution is 0.0846. The number of rotatable bonds is 6. The first kappa shape index (κ1) is 20.6. The second-order valence-electron chi connectivity index (χ2n) is 6.48. The lowest BCUT2D eigenvalue weighted by Crippen LogP contribution is -2.41. The molecule has 0 aliphatic carbocycles. The minimum atomic E-state index is -0.418. The Morgan fingerprint density at radius 2 is 1.55 bits per heavy atom. The molecule has 5 nitrogen and oxygen atoms in total. The molecule has 0 saturated carbocycles. The number of nitrogens with one attached hydrogen (secondary N) is 2. The Morgan fingerprint density at radius 1 is 0.862 bits per heavy atom. The van der Waals surface area contributed by atoms with Crippen molar-refractivity contribution in [3.8, 4) is 5.75 Å². The van der Waals surface area contributed by atoms with Gasteiger partial charge in [0.15, 0.2) is 0 Å². The van der Waals surface area contributed by atoms with Gasteiger partial charge in [-0.2, -0.15) is 0 Å². The van der Waals surface area contributed by atoms with Gasteiger partial charge in [-0.05, 0) is 48.4 Å². The average Bonchev–Trinajstić information content (AvgIpc) is 2.74. The third-order valence-electron chi connectivity index (χ3n) is 4.32. The number of benzene rings is 3. The second-order valence-corrected chi connectivity index (χ2v) is 7.34. The van der Waals surface area contributed by atoms with Gasteiger partial charge < -0.3 is 4.74 Å². The number of amides is 2. The van der Waals surface area contributed by atoms with Gasteiger partial charge >= 0.3 is 0 Å². The van der Waals surface area contributed by atoms with Gasteiger partial charge in [-0.25, -0.2) is 0 Å². The van der Waals surface area contributed by atoms with E-state index in [1.807, 2.05) is 43.3 Å². The van der Waals surface area contributed by atoms with Crippen molar-refractivity contribution in [1.29, 1.82) is 0 Å². The van der Waals surface area contributed by atoms with Gasteiger partial charge in [-0.3, -0.25) is 20.4 Å². The molecule has 0 bridgehead atoms. The Bertz CT molecular complexity index is 1010. The van der Waals surface area contributed by atoms with Crippen LogP contribution in [0, 0.1) is 6.92 Å². The standard InChI is InChI=1S/C23H21BrN2O3/c1-16-10-11-19(15-21(16)24)23(28)26-25-22(27)18-8-5-9-20(14-18)29-13-12-17-6-3-2-4-7-17/h2-11,14-15H,12-13H2,1H3,(H,25,27)(H,26,28). The Kier molecular flexibility index (Phi) is 7.03. The molecule has 0 saturated heterocycles. The van der Waals surface area contributed by atoms with Crippen LogP contribution >= 0.6 is 15.9 Å². The number of aryl methyl sites for hydroxylation is 1. The molecule has 6 heteroatoms. The largest absolute Gasteiger partial charge is 0.493 e. The maximum Gasteiger partial charge on any atom is 0.269 e. The third-order valence-corrected chi connectivity index (χ3v) is 5.18. The van der Waals surface area contributed by atoms with Gasteiger partial charge in [-0.15, -0.1) is 0 Å². The molecule has 0 radical (unpaired) electrons. The van der Waals surface area contributed by atoms with Crippen LogP contribution in [0.25, 0.3) is 0 Å². The third kappa shape index (κ3) is 5.93. The first-order chi connectivity index (χ1) is 14.0. The quantitative estimate of drug-likeness (QED) is 0.542. The van der Waals surface area contributed by atoms with Crippen LogP contribution in [0.1, 0.15) is 31.8 Å². The van der Waals surface area contributed by atoms with Crippen molar-refractivity contribution in [2.75, 3.05) is 6.61 Å². The minimum absolute atomic E-state index is 0.394. The van der Waals surface area contributed by atoms with Gasteiger partial charge in [0.05, 0.1) is 6.61 Å². The minimum Gasteiger partial charge on any atom is -0.493 e. The Labute approximate surface area is 178 Å². The zero-order chi connectivity index (χ0) is 20.6. The fourth-order valence-electron chi connectivity index (χ4n) is 2.65. The maximum absolute atomic E-state index is 12.4. The van der Waals surface area contributed by atoms with Crippen molar-refractivity contribution < 1.29 is 14.3 Å². The second kappa shape index (κ2) is 9.89. The predicted octanol–water partition coefficient (Wildman–Crippen LogP) is 4.45. The molecule has 0 aromatic heterocycles. The molecule has 2 N–H and O–H groups in total. The van der Waals surface area contributed by atoms with Crippen molar-refractivity contribution in [2.45, 2.75) is 13.3 Å². The van der Waals surface area contributed by atoms with E-state index in [4.69, 9.17) is 4.74 Å². The summed E-state index contributed by atoms with van der Waals surface area (Å²) in [5.41, 5.74) is 7.91. The molecule has 3 aromatic carbocycles. The van der Waals surface area contributed by atoms with E-state index >= 15 is 0 Å². The monoisotopic (exact) mass is 452 g/mol. The van der Waals surface area contributed by atoms with Crippen molar-refractivity contribution in [2.24, 2.45) is 0 Å². The SMILES string of the molecule is Cc1ccc(C(=O)NNC(=O)c2cccc(OCCc3ccccc3)c2)cc1Br. The molecule has 3 aromatic rings. The smallest absolute Gasteiger partial charge is 0.269 e. The summed E-state index contributed by atoms with van der Waals surface area (Å²) in [4.78, 5) is 24.6. The van der Waals surface area contributed by atoms with E-state index < -0.39 is 11.8 Å². The number of carbonyl (C=O) groups excluding carboxylic acids is 2. The van der Waals surface area contributed by atoms with E-state index in [1.54, 1.807) is 36.4 Å². The van der Waals surface area contributed by atoms with Gasteiger partial charge in [0.2, 0.25) is 0 Å². The van der Waals surface area contributed by atoms with E-state index in [2.05, 4.69) is 26.8 Å². The van der Waals surface area contributed by atoms with Crippen molar-refractivity contribution in [3.63, 3.8) is 0 Å². The summed E-state index contributed by atoms with van der Waals surface area (Å²) in [6.07, 6.45) is 0.777. The summed E-state index contributed by atoms with van der Waals surface area (Å²) in [6.45, 7) is 2.44. The number of hydrogen-bond donors (Lipinski definition) is 2. The molecular formula is C23H21BrN2O3. The molecule has 0 aliphatic rings. The zero-order valence-corrected chi connectivity index (χ0v) is 17.5. The number of halogens is 1. The van der Waals surface area contributed by atoms with Crippen LogP contribution in [-0.4, -0.2) is 18.4 Å². The molecule has 3 rings (SSSR count). The number of hydrazine groups is 1. The summed E-state index contributed by atoms with van der Waals surface area (Å²) >= 11 is 3.39. The van der Waals surface area contributed by atoms with Gasteiger partial charge in [-0.1, -0.05) is 58.4 Å². The van der Waals surface area contributed by atoms with Crippen molar-refractivity contribution in [1.82, 2.24) is 10.9 Å². The highest BCUT2D eigenvalue weighted by Crippen LogP contribution is 2.17. The van der Waals surface area contributed by atoms with E-state index in [9.17, 15) is 9.59 Å². The van der Waals surface area contributed by atoms with Gasteiger partial charge in [0.1, 0.15) is 5.75 Å². The summed E-state index contributed by atoms with van der Waals surface area (Å²) in [5, 5.41) is 0. The molecule has 29 heavy (non-hydrogen) atoms. The maximum atomic E-state index is 12.4. The molecule has 148 valence electrons. The number of ether oxygens (including phenoxy) is 1. The highest BCUT2D eigenvalue weighted by Gasteiger charge is 2.11. The highest BCUT2D eigenvalue weighted by molar-refractivity contribution is 9.10. The molecule has 0 atom stereocenters. The Morgan fingerprint density at radius 3 is 2.24 bits per heavy atom. The Balaban J connectivity index is 1.53. The normalized spacial score (nSPS) is 10.3. The van der Waals surface area contributed by atoms with Crippen LogP contribution in [-0.2, 0) is 6.42 Å². The number of carbonyl (C=O) groups is 2. The molecule has 0 aliphatic heterocycles. The van der Waals surface area contributed by atoms with E-state index in [-0.39, 0.29) is 0 Å². The van der Waals surface area contributed by atoms with Crippen LogP contribution in [0.5, 0.6) is 5.75 Å². The lowest BCUT2D eigenvalue weighted by Gasteiger charge is -2.10. The molecular weight excluding hydrogens is 432 g/mol. The highest BCUT2D eigenvalue weighted by atomic mass is 79.9. The summed E-state index contributed by atoms with van der Waals surface area (Å²) < 4.78 is 6.58. The van der Waals surface area contributed by atoms with Crippen LogP contribution in [0.3, 0.4) is 0 Å². The number of hydrogen-bond acceptors (Lipinski definition) is 3. The Hall–Kier alpha value is -3.12. The lowest BCUT2D eigenvalue weighted by atomic mass is 10.1. The molecule has 2 amide bonds. The van der Waals surface area contributed by atoms with Crippen LogP contribution in [0.4, 0.5) is 0 Å². The van der Waals surface area contributed by atoms with E-state index in [0.717, 1.165) is 16.5 Å². The summed E-state index contributed by atoms with van der Waals surface area (Å²) in [7, 11) is 0. The molecule has 0 spiro atoms. The predicted molar refractivity (Wildman–Crippen MR) is 116 cm³/mol. The first-order valence-electron chi connectivity index (χ1n) is 9.16. The molecule has 0 heterocycles. The topological polar surface area (TPSA) is 67.4 Å². The van der Waals surface area contributed by atoms with E-state index in [0.29, 0.717) is 23.5 Å². The molecule has 0 fully saturated rings. The fraction of sp³-hybridized carbons (Fsp3) is 0.130. The average molecular weight is 453 g/mol.